The van der Waals surface area contributed by atoms with E-state index < -0.39 is 5.97 Å². The zero-order chi connectivity index (χ0) is 19.1. The second kappa shape index (κ2) is 9.62. The van der Waals surface area contributed by atoms with E-state index in [1.165, 1.54) is 6.20 Å². The van der Waals surface area contributed by atoms with Crippen molar-refractivity contribution in [3.05, 3.63) is 40.0 Å². The molecule has 1 heterocycles. The third-order valence-electron chi connectivity index (χ3n) is 4.35. The van der Waals surface area contributed by atoms with E-state index in [4.69, 9.17) is 15.2 Å². The van der Waals surface area contributed by atoms with Crippen molar-refractivity contribution in [2.24, 2.45) is 5.92 Å². The van der Waals surface area contributed by atoms with Crippen molar-refractivity contribution in [1.82, 2.24) is 9.78 Å². The molecule has 2 rings (SSSR count). The Balaban J connectivity index is 2.21. The maximum atomic E-state index is 11.9. The molecule has 1 aromatic heterocycles. The summed E-state index contributed by atoms with van der Waals surface area (Å²) in [5.41, 5.74) is 7.30. The standard InChI is InChI=1S/C19H26BrN3O3/c1-4-13(5-2)12-26-17-8-7-15(20)9-14(17)11-23-18(21)16(10-22-23)19(24)25-6-3/h7-10,13H,4-6,11-12,21H2,1-3H3. The van der Waals surface area contributed by atoms with Crippen LogP contribution in [-0.2, 0) is 11.3 Å². The van der Waals surface area contributed by atoms with Crippen LogP contribution in [0.1, 0.15) is 49.5 Å². The van der Waals surface area contributed by atoms with E-state index in [1.54, 1.807) is 11.6 Å². The first-order chi connectivity index (χ1) is 12.5. The number of carbonyl (C=O) groups excluding carboxylic acids is 1. The summed E-state index contributed by atoms with van der Waals surface area (Å²) in [5.74, 6) is 1.15. The summed E-state index contributed by atoms with van der Waals surface area (Å²) in [6.45, 7) is 7.46. The number of hydrogen-bond acceptors (Lipinski definition) is 5. The molecule has 0 saturated carbocycles. The average Bonchev–Trinajstić information content (AvgIpc) is 2.98. The Labute approximate surface area is 162 Å². The van der Waals surface area contributed by atoms with Crippen LogP contribution < -0.4 is 10.5 Å². The first kappa shape index (κ1) is 20.3. The lowest BCUT2D eigenvalue weighted by Crippen LogP contribution is -2.13. The second-order valence-electron chi connectivity index (χ2n) is 6.07. The molecule has 0 radical (unpaired) electrons. The highest BCUT2D eigenvalue weighted by molar-refractivity contribution is 9.10. The van der Waals surface area contributed by atoms with Gasteiger partial charge in [-0.2, -0.15) is 5.10 Å². The molecular weight excluding hydrogens is 398 g/mol. The quantitative estimate of drug-likeness (QED) is 0.609. The normalized spacial score (nSPS) is 11.0. The summed E-state index contributed by atoms with van der Waals surface area (Å²) in [7, 11) is 0. The van der Waals surface area contributed by atoms with Crippen LogP contribution in [0.5, 0.6) is 5.75 Å². The zero-order valence-electron chi connectivity index (χ0n) is 15.5. The smallest absolute Gasteiger partial charge is 0.343 e. The molecule has 0 fully saturated rings. The summed E-state index contributed by atoms with van der Waals surface area (Å²) in [6, 6.07) is 5.86. The first-order valence-corrected chi connectivity index (χ1v) is 9.68. The average molecular weight is 424 g/mol. The Morgan fingerprint density at radius 3 is 2.69 bits per heavy atom. The van der Waals surface area contributed by atoms with E-state index in [0.29, 0.717) is 25.7 Å². The lowest BCUT2D eigenvalue weighted by molar-refractivity contribution is 0.0527. The molecule has 2 N–H and O–H groups in total. The van der Waals surface area contributed by atoms with Gasteiger partial charge in [-0.15, -0.1) is 0 Å². The van der Waals surface area contributed by atoms with Crippen molar-refractivity contribution < 1.29 is 14.3 Å². The van der Waals surface area contributed by atoms with Gasteiger partial charge in [-0.25, -0.2) is 9.48 Å². The molecule has 0 bridgehead atoms. The van der Waals surface area contributed by atoms with Crippen molar-refractivity contribution in [2.45, 2.75) is 40.2 Å². The molecule has 2 aromatic rings. The monoisotopic (exact) mass is 423 g/mol. The zero-order valence-corrected chi connectivity index (χ0v) is 17.1. The van der Waals surface area contributed by atoms with E-state index >= 15 is 0 Å². The first-order valence-electron chi connectivity index (χ1n) is 8.89. The summed E-state index contributed by atoms with van der Waals surface area (Å²) < 4.78 is 13.6. The van der Waals surface area contributed by atoms with Crippen molar-refractivity contribution in [3.8, 4) is 5.75 Å². The fourth-order valence-corrected chi connectivity index (χ4v) is 3.00. The molecule has 7 heteroatoms. The highest BCUT2D eigenvalue weighted by Crippen LogP contribution is 2.26. The summed E-state index contributed by atoms with van der Waals surface area (Å²) in [6.07, 6.45) is 3.60. The van der Waals surface area contributed by atoms with Crippen molar-refractivity contribution in [3.63, 3.8) is 0 Å². The van der Waals surface area contributed by atoms with Gasteiger partial charge in [0.05, 0.1) is 26.0 Å². The second-order valence-corrected chi connectivity index (χ2v) is 6.98. The summed E-state index contributed by atoms with van der Waals surface area (Å²) in [4.78, 5) is 11.9. The number of ether oxygens (including phenoxy) is 2. The molecule has 0 aliphatic heterocycles. The maximum absolute atomic E-state index is 11.9. The number of hydrogen-bond donors (Lipinski definition) is 1. The van der Waals surface area contributed by atoms with E-state index in [-0.39, 0.29) is 11.4 Å². The predicted molar refractivity (Wildman–Crippen MR) is 105 cm³/mol. The minimum absolute atomic E-state index is 0.279. The van der Waals surface area contributed by atoms with Crippen molar-refractivity contribution in [2.75, 3.05) is 18.9 Å². The summed E-state index contributed by atoms with van der Waals surface area (Å²) >= 11 is 3.49. The minimum atomic E-state index is -0.462. The van der Waals surface area contributed by atoms with Gasteiger partial charge in [0.25, 0.3) is 0 Å². The molecular formula is C19H26BrN3O3. The third-order valence-corrected chi connectivity index (χ3v) is 4.84. The van der Waals surface area contributed by atoms with Gasteiger partial charge in [0.2, 0.25) is 0 Å². The lowest BCUT2D eigenvalue weighted by Gasteiger charge is -2.17. The Bertz CT molecular complexity index is 742. The van der Waals surface area contributed by atoms with Gasteiger partial charge >= 0.3 is 5.97 Å². The topological polar surface area (TPSA) is 79.4 Å². The van der Waals surface area contributed by atoms with Crippen LogP contribution in [0.25, 0.3) is 0 Å². The molecule has 26 heavy (non-hydrogen) atoms. The molecule has 0 aliphatic rings. The largest absolute Gasteiger partial charge is 0.493 e. The molecule has 0 saturated heterocycles. The Morgan fingerprint density at radius 2 is 2.04 bits per heavy atom. The highest BCUT2D eigenvalue weighted by Gasteiger charge is 2.17. The Hall–Kier alpha value is -2.02. The van der Waals surface area contributed by atoms with Gasteiger partial charge in [-0.1, -0.05) is 42.6 Å². The van der Waals surface area contributed by atoms with Crippen LogP contribution in [0, 0.1) is 5.92 Å². The van der Waals surface area contributed by atoms with E-state index in [2.05, 4.69) is 34.9 Å². The summed E-state index contributed by atoms with van der Waals surface area (Å²) in [5, 5.41) is 4.23. The number of nitrogens with zero attached hydrogens (tertiary/aromatic N) is 2. The van der Waals surface area contributed by atoms with Gasteiger partial charge in [0, 0.05) is 10.0 Å². The number of benzene rings is 1. The van der Waals surface area contributed by atoms with E-state index in [0.717, 1.165) is 28.6 Å². The Kier molecular flexibility index (Phi) is 7.50. The number of halogens is 1. The van der Waals surface area contributed by atoms with Crippen LogP contribution in [0.15, 0.2) is 28.9 Å². The van der Waals surface area contributed by atoms with E-state index in [9.17, 15) is 4.79 Å². The molecule has 0 amide bonds. The maximum Gasteiger partial charge on any atom is 0.343 e. The molecule has 0 spiro atoms. The van der Waals surface area contributed by atoms with Crippen LogP contribution in [0.3, 0.4) is 0 Å². The van der Waals surface area contributed by atoms with Gasteiger partial charge in [-0.05, 0) is 31.0 Å². The van der Waals surface area contributed by atoms with Gasteiger partial charge in [-0.3, -0.25) is 0 Å². The number of nitrogen functional groups attached to an aromatic ring is 1. The fourth-order valence-electron chi connectivity index (χ4n) is 2.59. The fraction of sp³-hybridized carbons (Fsp3) is 0.474. The van der Waals surface area contributed by atoms with Crippen LogP contribution >= 0.6 is 15.9 Å². The third kappa shape index (κ3) is 5.00. The van der Waals surface area contributed by atoms with Gasteiger partial charge in [0.1, 0.15) is 17.1 Å². The number of aromatic nitrogens is 2. The SMILES string of the molecule is CCOC(=O)c1cnn(Cc2cc(Br)ccc2OCC(CC)CC)c1N. The number of carbonyl (C=O) groups is 1. The van der Waals surface area contributed by atoms with Crippen LogP contribution in [0.2, 0.25) is 0 Å². The number of rotatable bonds is 9. The number of nitrogens with two attached hydrogens (primary N) is 1. The van der Waals surface area contributed by atoms with E-state index in [1.807, 2.05) is 18.2 Å². The van der Waals surface area contributed by atoms with Crippen LogP contribution in [0.4, 0.5) is 5.82 Å². The molecule has 0 aliphatic carbocycles. The minimum Gasteiger partial charge on any atom is -0.493 e. The van der Waals surface area contributed by atoms with Crippen molar-refractivity contribution >= 4 is 27.7 Å². The molecule has 0 atom stereocenters. The number of anilines is 1. The van der Waals surface area contributed by atoms with Gasteiger partial charge < -0.3 is 15.2 Å². The molecule has 6 nitrogen and oxygen atoms in total. The molecule has 0 unspecified atom stereocenters. The van der Waals surface area contributed by atoms with Crippen molar-refractivity contribution in [1.29, 1.82) is 0 Å². The Morgan fingerprint density at radius 1 is 1.31 bits per heavy atom. The molecule has 142 valence electrons. The highest BCUT2D eigenvalue weighted by atomic mass is 79.9. The van der Waals surface area contributed by atoms with Crippen LogP contribution in [-0.4, -0.2) is 29.0 Å². The van der Waals surface area contributed by atoms with Gasteiger partial charge in [0.15, 0.2) is 0 Å². The molecule has 1 aromatic carbocycles. The lowest BCUT2D eigenvalue weighted by atomic mass is 10.1. The predicted octanol–water partition coefficient (Wildman–Crippen LogP) is 4.27. The number of esters is 1.